The molecule has 0 aromatic rings. The van der Waals surface area contributed by atoms with E-state index in [9.17, 15) is 5.11 Å². The fourth-order valence-electron chi connectivity index (χ4n) is 1.97. The summed E-state index contributed by atoms with van der Waals surface area (Å²) in [6, 6.07) is 0. The largest absolute Gasteiger partial charge is 0.393 e. The second-order valence-corrected chi connectivity index (χ2v) is 10.5. The summed E-state index contributed by atoms with van der Waals surface area (Å²) in [6.07, 6.45) is 4.23. The van der Waals surface area contributed by atoms with Crippen molar-refractivity contribution in [2.75, 3.05) is 0 Å². The Balaban J connectivity index is 2.70. The van der Waals surface area contributed by atoms with Gasteiger partial charge in [0.2, 0.25) is 0 Å². The molecule has 0 aromatic heterocycles. The van der Waals surface area contributed by atoms with Gasteiger partial charge in [0, 0.05) is 0 Å². The zero-order chi connectivity index (χ0) is 9.35. The van der Waals surface area contributed by atoms with Gasteiger partial charge in [0.05, 0.1) is 14.2 Å². The van der Waals surface area contributed by atoms with E-state index in [2.05, 4.69) is 32.6 Å². The Labute approximate surface area is 76.5 Å². The summed E-state index contributed by atoms with van der Waals surface area (Å²) in [7, 11) is -1.14. The number of hydrogen-bond donors (Lipinski definition) is 1. The van der Waals surface area contributed by atoms with Gasteiger partial charge in [0.15, 0.2) is 0 Å². The van der Waals surface area contributed by atoms with E-state index in [1.807, 2.05) is 0 Å². The predicted molar refractivity (Wildman–Crippen MR) is 56.1 cm³/mol. The third-order valence-corrected chi connectivity index (χ3v) is 5.67. The van der Waals surface area contributed by atoms with Gasteiger partial charge in [0.25, 0.3) is 0 Å². The molecule has 2 atom stereocenters. The molecular weight excluding hydrogens is 164 g/mol. The third-order valence-electron chi connectivity index (χ3n) is 2.83. The van der Waals surface area contributed by atoms with E-state index in [4.69, 9.17) is 0 Å². The molecule has 0 fully saturated rings. The van der Waals surface area contributed by atoms with Crippen molar-refractivity contribution < 1.29 is 5.11 Å². The molecule has 1 N–H and O–H groups in total. The summed E-state index contributed by atoms with van der Waals surface area (Å²) < 4.78 is 0. The van der Waals surface area contributed by atoms with Crippen molar-refractivity contribution in [2.45, 2.75) is 51.1 Å². The summed E-state index contributed by atoms with van der Waals surface area (Å²) in [5, 5.41) is 9.87. The van der Waals surface area contributed by atoms with Crippen molar-refractivity contribution >= 4 is 8.07 Å². The fourth-order valence-corrected chi connectivity index (χ4v) is 4.07. The third kappa shape index (κ3) is 2.20. The minimum atomic E-state index is -1.14. The Bertz CT molecular complexity index is 191. The molecule has 0 radical (unpaired) electrons. The molecule has 70 valence electrons. The Hall–Kier alpha value is -0.0831. The van der Waals surface area contributed by atoms with Crippen LogP contribution in [0, 0.1) is 0 Å². The highest BCUT2D eigenvalue weighted by atomic mass is 28.3. The zero-order valence-electron chi connectivity index (χ0n) is 8.59. The summed E-state index contributed by atoms with van der Waals surface area (Å²) in [5.41, 5.74) is 1.93. The Morgan fingerprint density at radius 1 is 1.42 bits per heavy atom. The van der Waals surface area contributed by atoms with Crippen molar-refractivity contribution in [1.29, 1.82) is 0 Å². The number of aliphatic hydroxyl groups is 1. The van der Waals surface area contributed by atoms with Gasteiger partial charge >= 0.3 is 0 Å². The highest BCUT2D eigenvalue weighted by Gasteiger charge is 2.33. The average Bonchev–Trinajstić information content (AvgIpc) is 1.83. The minimum Gasteiger partial charge on any atom is -0.393 e. The summed E-state index contributed by atoms with van der Waals surface area (Å²) in [5.74, 6) is 0. The lowest BCUT2D eigenvalue weighted by Crippen LogP contribution is -2.37. The van der Waals surface area contributed by atoms with Gasteiger partial charge in [-0.1, -0.05) is 31.3 Å². The van der Waals surface area contributed by atoms with Crippen LogP contribution in [0.4, 0.5) is 0 Å². The quantitative estimate of drug-likeness (QED) is 0.491. The second-order valence-electron chi connectivity index (χ2n) is 5.03. The first-order valence-electron chi connectivity index (χ1n) is 4.75. The maximum absolute atomic E-state index is 9.87. The fraction of sp³-hybridized carbons (Fsp3) is 0.800. The summed E-state index contributed by atoms with van der Waals surface area (Å²) in [4.78, 5) is 0. The van der Waals surface area contributed by atoms with Crippen LogP contribution < -0.4 is 0 Å². The van der Waals surface area contributed by atoms with Crippen molar-refractivity contribution in [3.05, 3.63) is 11.6 Å². The molecule has 0 bridgehead atoms. The molecule has 1 rings (SSSR count). The Morgan fingerprint density at radius 2 is 2.00 bits per heavy atom. The lowest BCUT2D eigenvalue weighted by atomic mass is 9.98. The van der Waals surface area contributed by atoms with Crippen LogP contribution in [0.3, 0.4) is 0 Å². The second kappa shape index (κ2) is 3.34. The number of allylic oxidation sites excluding steroid dienone is 1. The molecule has 12 heavy (non-hydrogen) atoms. The molecule has 0 unspecified atom stereocenters. The van der Waals surface area contributed by atoms with Gasteiger partial charge < -0.3 is 5.11 Å². The Morgan fingerprint density at radius 3 is 2.42 bits per heavy atom. The molecule has 0 aromatic carbocycles. The average molecular weight is 184 g/mol. The van der Waals surface area contributed by atoms with E-state index in [0.717, 1.165) is 12.8 Å². The van der Waals surface area contributed by atoms with Crippen LogP contribution in [-0.2, 0) is 0 Å². The molecular formula is C10H20OSi. The van der Waals surface area contributed by atoms with Gasteiger partial charge in [-0.25, -0.2) is 0 Å². The van der Waals surface area contributed by atoms with E-state index in [0.29, 0.717) is 5.54 Å². The first-order chi connectivity index (χ1) is 5.41. The summed E-state index contributed by atoms with van der Waals surface area (Å²) in [6.45, 7) is 9.14. The molecule has 0 saturated carbocycles. The lowest BCUT2D eigenvalue weighted by Gasteiger charge is -2.35. The van der Waals surface area contributed by atoms with Crippen molar-refractivity contribution in [1.82, 2.24) is 0 Å². The smallest absolute Gasteiger partial charge is 0.0584 e. The van der Waals surface area contributed by atoms with E-state index < -0.39 is 8.07 Å². The standard InChI is InChI=1S/C10H20OSi/c1-8-5-6-10(9(11)7-8)12(2,3)4/h5,9-11H,6-7H2,1-4H3/t9-,10-/m1/s1. The zero-order valence-corrected chi connectivity index (χ0v) is 9.59. The minimum absolute atomic E-state index is 0.0679. The van der Waals surface area contributed by atoms with E-state index in [-0.39, 0.29) is 6.10 Å². The van der Waals surface area contributed by atoms with Crippen LogP contribution in [0.5, 0.6) is 0 Å². The normalized spacial score (nSPS) is 31.6. The highest BCUT2D eigenvalue weighted by molar-refractivity contribution is 6.77. The monoisotopic (exact) mass is 184 g/mol. The molecule has 0 aliphatic heterocycles. The van der Waals surface area contributed by atoms with E-state index >= 15 is 0 Å². The summed E-state index contributed by atoms with van der Waals surface area (Å²) >= 11 is 0. The van der Waals surface area contributed by atoms with Crippen molar-refractivity contribution in [3.63, 3.8) is 0 Å². The maximum Gasteiger partial charge on any atom is 0.0584 e. The maximum atomic E-state index is 9.87. The first-order valence-corrected chi connectivity index (χ1v) is 8.32. The van der Waals surface area contributed by atoms with Crippen molar-refractivity contribution in [2.24, 2.45) is 0 Å². The van der Waals surface area contributed by atoms with Crippen LogP contribution in [0.15, 0.2) is 11.6 Å². The SMILES string of the molecule is CC1=CC[C@@H]([Si](C)(C)C)[C@H](O)C1. The molecule has 1 aliphatic carbocycles. The van der Waals surface area contributed by atoms with E-state index in [1.165, 1.54) is 5.57 Å². The molecule has 0 heterocycles. The molecule has 2 heteroatoms. The van der Waals surface area contributed by atoms with Crippen molar-refractivity contribution in [3.8, 4) is 0 Å². The highest BCUT2D eigenvalue weighted by Crippen LogP contribution is 2.36. The lowest BCUT2D eigenvalue weighted by molar-refractivity contribution is 0.158. The van der Waals surface area contributed by atoms with Gasteiger partial charge in [-0.05, 0) is 25.3 Å². The van der Waals surface area contributed by atoms with Crippen LogP contribution in [0.1, 0.15) is 19.8 Å². The van der Waals surface area contributed by atoms with Crippen LogP contribution in [0.25, 0.3) is 0 Å². The van der Waals surface area contributed by atoms with Gasteiger partial charge in [-0.3, -0.25) is 0 Å². The molecule has 0 amide bonds. The Kier molecular flexibility index (Phi) is 2.79. The van der Waals surface area contributed by atoms with Gasteiger partial charge in [-0.15, -0.1) is 0 Å². The molecule has 0 spiro atoms. The van der Waals surface area contributed by atoms with E-state index in [1.54, 1.807) is 0 Å². The predicted octanol–water partition coefficient (Wildman–Crippen LogP) is 2.80. The molecule has 0 saturated heterocycles. The van der Waals surface area contributed by atoms with Crippen LogP contribution in [-0.4, -0.2) is 19.3 Å². The number of aliphatic hydroxyl groups excluding tert-OH is 1. The molecule has 1 nitrogen and oxygen atoms in total. The molecule has 1 aliphatic rings. The number of rotatable bonds is 1. The van der Waals surface area contributed by atoms with Crippen LogP contribution >= 0.6 is 0 Å². The number of hydrogen-bond acceptors (Lipinski definition) is 1. The van der Waals surface area contributed by atoms with Crippen LogP contribution in [0.2, 0.25) is 25.2 Å². The van der Waals surface area contributed by atoms with Gasteiger partial charge in [0.1, 0.15) is 0 Å². The first kappa shape index (κ1) is 10.0. The topological polar surface area (TPSA) is 20.2 Å². The van der Waals surface area contributed by atoms with Gasteiger partial charge in [-0.2, -0.15) is 0 Å².